The first-order chi connectivity index (χ1) is 9.44. The highest BCUT2D eigenvalue weighted by atomic mass is 32.2. The summed E-state index contributed by atoms with van der Waals surface area (Å²) in [7, 11) is -1.50. The predicted molar refractivity (Wildman–Crippen MR) is 83.6 cm³/mol. The van der Waals surface area contributed by atoms with Gasteiger partial charge in [0.1, 0.15) is 4.21 Å². The van der Waals surface area contributed by atoms with Crippen molar-refractivity contribution in [3.05, 3.63) is 16.5 Å². The van der Waals surface area contributed by atoms with E-state index in [1.54, 1.807) is 6.07 Å². The van der Waals surface area contributed by atoms with E-state index in [1.807, 2.05) is 14.0 Å². The Kier molecular flexibility index (Phi) is 5.23. The average molecular weight is 316 g/mol. The molecule has 1 aromatic rings. The van der Waals surface area contributed by atoms with Gasteiger partial charge in [0.2, 0.25) is 10.0 Å². The maximum atomic E-state index is 12.5. The van der Waals surface area contributed by atoms with E-state index in [9.17, 15) is 8.42 Å². The number of nitrogens with one attached hydrogen (secondary N) is 2. The Morgan fingerprint density at radius 2 is 2.05 bits per heavy atom. The highest BCUT2D eigenvalue weighted by Crippen LogP contribution is 2.29. The van der Waals surface area contributed by atoms with Gasteiger partial charge in [0.15, 0.2) is 0 Å². The lowest BCUT2D eigenvalue weighted by atomic mass is 9.87. The van der Waals surface area contributed by atoms with Crippen molar-refractivity contribution >= 4 is 21.4 Å². The smallest absolute Gasteiger partial charge is 0.250 e. The molecule has 4 nitrogen and oxygen atoms in total. The third-order valence-electron chi connectivity index (χ3n) is 4.02. The minimum Gasteiger partial charge on any atom is -0.315 e. The van der Waals surface area contributed by atoms with E-state index in [0.29, 0.717) is 16.7 Å². The van der Waals surface area contributed by atoms with Crippen LogP contribution in [0, 0.1) is 12.8 Å². The minimum absolute atomic E-state index is 0.0870. The molecule has 114 valence electrons. The molecule has 0 aliphatic heterocycles. The van der Waals surface area contributed by atoms with Gasteiger partial charge in [0.05, 0.1) is 0 Å². The highest BCUT2D eigenvalue weighted by Gasteiger charge is 2.28. The van der Waals surface area contributed by atoms with Gasteiger partial charge in [-0.25, -0.2) is 13.1 Å². The Morgan fingerprint density at radius 3 is 2.70 bits per heavy atom. The first-order valence-electron chi connectivity index (χ1n) is 7.20. The largest absolute Gasteiger partial charge is 0.315 e. The van der Waals surface area contributed by atoms with Crippen molar-refractivity contribution in [2.75, 3.05) is 7.05 Å². The molecule has 1 heterocycles. The number of sulfonamides is 1. The highest BCUT2D eigenvalue weighted by molar-refractivity contribution is 7.91. The number of hydrogen-bond donors (Lipinski definition) is 2. The van der Waals surface area contributed by atoms with Crippen molar-refractivity contribution in [2.24, 2.45) is 5.92 Å². The monoisotopic (exact) mass is 316 g/mol. The van der Waals surface area contributed by atoms with Crippen molar-refractivity contribution < 1.29 is 8.42 Å². The van der Waals surface area contributed by atoms with E-state index < -0.39 is 10.0 Å². The maximum Gasteiger partial charge on any atom is 0.250 e. The molecule has 0 saturated heterocycles. The summed E-state index contributed by atoms with van der Waals surface area (Å²) in [4.78, 5) is 1.09. The minimum atomic E-state index is -3.37. The topological polar surface area (TPSA) is 58.2 Å². The van der Waals surface area contributed by atoms with Crippen LogP contribution < -0.4 is 10.0 Å². The van der Waals surface area contributed by atoms with Gasteiger partial charge < -0.3 is 5.32 Å². The zero-order valence-corrected chi connectivity index (χ0v) is 14.0. The molecule has 1 aliphatic carbocycles. The molecule has 0 aromatic carbocycles. The Labute approximate surface area is 126 Å². The molecule has 2 N–H and O–H groups in total. The fourth-order valence-electron chi connectivity index (χ4n) is 2.71. The first-order valence-corrected chi connectivity index (χ1v) is 9.50. The van der Waals surface area contributed by atoms with Gasteiger partial charge in [-0.3, -0.25) is 0 Å². The number of hydrogen-bond acceptors (Lipinski definition) is 4. The van der Waals surface area contributed by atoms with E-state index in [0.717, 1.165) is 29.7 Å². The molecule has 0 amide bonds. The van der Waals surface area contributed by atoms with E-state index in [4.69, 9.17) is 0 Å². The Morgan fingerprint density at radius 1 is 1.35 bits per heavy atom. The van der Waals surface area contributed by atoms with E-state index in [1.165, 1.54) is 17.8 Å². The van der Waals surface area contributed by atoms with Crippen LogP contribution in [0.1, 0.15) is 43.0 Å². The molecular formula is C14H24N2O2S2. The van der Waals surface area contributed by atoms with Crippen LogP contribution in [0.15, 0.2) is 10.3 Å². The standard InChI is InChI=1S/C14H24N2O2S2/c1-10-6-4-5-7-12(10)16-20(17,18)14-8-11(2)13(19-14)9-15-3/h8,10,12,15-16H,4-7,9H2,1-3H3. The molecule has 2 atom stereocenters. The van der Waals surface area contributed by atoms with E-state index in [-0.39, 0.29) is 6.04 Å². The Bertz CT molecular complexity index is 552. The van der Waals surface area contributed by atoms with Crippen molar-refractivity contribution in [3.63, 3.8) is 0 Å². The van der Waals surface area contributed by atoms with Crippen LogP contribution in [0.4, 0.5) is 0 Å². The van der Waals surface area contributed by atoms with E-state index in [2.05, 4.69) is 17.0 Å². The summed E-state index contributed by atoms with van der Waals surface area (Å²) >= 11 is 1.37. The summed E-state index contributed by atoms with van der Waals surface area (Å²) in [6.07, 6.45) is 4.39. The first kappa shape index (κ1) is 15.9. The average Bonchev–Trinajstić information content (AvgIpc) is 2.75. The molecule has 1 fully saturated rings. The summed E-state index contributed by atoms with van der Waals surface area (Å²) in [5, 5.41) is 3.07. The lowest BCUT2D eigenvalue weighted by Gasteiger charge is -2.28. The van der Waals surface area contributed by atoms with Crippen LogP contribution in [-0.2, 0) is 16.6 Å². The fraction of sp³-hybridized carbons (Fsp3) is 0.714. The normalized spacial score (nSPS) is 23.9. The second-order valence-electron chi connectivity index (χ2n) is 5.69. The van der Waals surface area contributed by atoms with Crippen LogP contribution in [0.5, 0.6) is 0 Å². The summed E-state index contributed by atoms with van der Waals surface area (Å²) in [5.41, 5.74) is 1.04. The molecule has 6 heteroatoms. The van der Waals surface area contributed by atoms with Gasteiger partial charge in [-0.1, -0.05) is 19.8 Å². The predicted octanol–water partition coefficient (Wildman–Crippen LogP) is 2.63. The molecular weight excluding hydrogens is 292 g/mol. The summed E-state index contributed by atoms with van der Waals surface area (Å²) in [6.45, 7) is 4.82. The molecule has 1 saturated carbocycles. The number of aryl methyl sites for hydroxylation is 1. The summed E-state index contributed by atoms with van der Waals surface area (Å²) < 4.78 is 28.3. The maximum absolute atomic E-state index is 12.5. The second-order valence-corrected chi connectivity index (χ2v) is 8.77. The van der Waals surface area contributed by atoms with Gasteiger partial charge in [0.25, 0.3) is 0 Å². The van der Waals surface area contributed by atoms with Gasteiger partial charge in [-0.05, 0) is 44.4 Å². The van der Waals surface area contributed by atoms with Crippen LogP contribution >= 0.6 is 11.3 Å². The molecule has 1 aromatic heterocycles. The zero-order valence-electron chi connectivity index (χ0n) is 12.4. The summed E-state index contributed by atoms with van der Waals surface area (Å²) in [6, 6.07) is 1.87. The van der Waals surface area contributed by atoms with Crippen LogP contribution in [0.2, 0.25) is 0 Å². The molecule has 2 unspecified atom stereocenters. The van der Waals surface area contributed by atoms with Crippen molar-refractivity contribution in [2.45, 2.75) is 56.3 Å². The number of thiophene rings is 1. The van der Waals surface area contributed by atoms with Crippen LogP contribution in [-0.4, -0.2) is 21.5 Å². The lowest BCUT2D eigenvalue weighted by Crippen LogP contribution is -2.40. The van der Waals surface area contributed by atoms with Crippen molar-refractivity contribution in [3.8, 4) is 0 Å². The molecule has 0 radical (unpaired) electrons. The zero-order chi connectivity index (χ0) is 14.8. The Hall–Kier alpha value is -0.430. The van der Waals surface area contributed by atoms with Crippen LogP contribution in [0.25, 0.3) is 0 Å². The Balaban J connectivity index is 2.15. The SMILES string of the molecule is CNCc1sc(S(=O)(=O)NC2CCCCC2C)cc1C. The van der Waals surface area contributed by atoms with Crippen molar-refractivity contribution in [1.29, 1.82) is 0 Å². The van der Waals surface area contributed by atoms with E-state index >= 15 is 0 Å². The fourth-order valence-corrected chi connectivity index (χ4v) is 5.70. The molecule has 1 aliphatic rings. The number of rotatable bonds is 5. The third kappa shape index (κ3) is 3.61. The van der Waals surface area contributed by atoms with Gasteiger partial charge in [-0.2, -0.15) is 0 Å². The molecule has 0 bridgehead atoms. The van der Waals surface area contributed by atoms with Gasteiger partial charge in [-0.15, -0.1) is 11.3 Å². The lowest BCUT2D eigenvalue weighted by molar-refractivity contribution is 0.310. The van der Waals surface area contributed by atoms with Crippen molar-refractivity contribution in [1.82, 2.24) is 10.0 Å². The molecule has 0 spiro atoms. The van der Waals surface area contributed by atoms with Gasteiger partial charge >= 0.3 is 0 Å². The second kappa shape index (κ2) is 6.56. The molecule has 2 rings (SSSR count). The summed E-state index contributed by atoms with van der Waals surface area (Å²) in [5.74, 6) is 0.427. The molecule has 20 heavy (non-hydrogen) atoms. The quantitative estimate of drug-likeness (QED) is 0.878. The van der Waals surface area contributed by atoms with Gasteiger partial charge in [0, 0.05) is 17.5 Å². The van der Waals surface area contributed by atoms with Crippen LogP contribution in [0.3, 0.4) is 0 Å². The third-order valence-corrected chi connectivity index (χ3v) is 7.22.